The highest BCUT2D eigenvalue weighted by molar-refractivity contribution is 5.41. The van der Waals surface area contributed by atoms with E-state index in [0.29, 0.717) is 0 Å². The van der Waals surface area contributed by atoms with Gasteiger partial charge in [0, 0.05) is 33.9 Å². The molecule has 1 heterocycles. The van der Waals surface area contributed by atoms with Crippen molar-refractivity contribution in [2.45, 2.75) is 19.3 Å². The fraction of sp³-hybridized carbons (Fsp3) is 0.667. The lowest BCUT2D eigenvalue weighted by Crippen LogP contribution is -2.22. The molecule has 0 aliphatic heterocycles. The van der Waals surface area contributed by atoms with Crippen LogP contribution in [0, 0.1) is 5.92 Å². The molecule has 0 atom stereocenters. The molecule has 0 aromatic carbocycles. The maximum atomic E-state index is 4.51. The van der Waals surface area contributed by atoms with Gasteiger partial charge in [-0.05, 0) is 18.4 Å². The van der Waals surface area contributed by atoms with Gasteiger partial charge in [-0.2, -0.15) is 4.98 Å². The van der Waals surface area contributed by atoms with E-state index >= 15 is 0 Å². The summed E-state index contributed by atoms with van der Waals surface area (Å²) in [5.74, 6) is 2.75. The van der Waals surface area contributed by atoms with Gasteiger partial charge in [-0.15, -0.1) is 0 Å². The Labute approximate surface area is 97.3 Å². The highest BCUT2D eigenvalue weighted by atomic mass is 15.3. The minimum absolute atomic E-state index is 0.826. The van der Waals surface area contributed by atoms with Crippen molar-refractivity contribution < 1.29 is 0 Å². The van der Waals surface area contributed by atoms with E-state index in [2.05, 4.69) is 21.9 Å². The lowest BCUT2D eigenvalue weighted by molar-refractivity contribution is 0.700. The molecule has 88 valence electrons. The standard InChI is InChI=1S/C12H20N4/c1-15(2)11-6-8-13-12(14-11)16(3)9-7-10-4-5-10/h6,8,10H,4-5,7,9H2,1-3H3. The average Bonchev–Trinajstić information content (AvgIpc) is 3.10. The lowest BCUT2D eigenvalue weighted by Gasteiger charge is -2.18. The van der Waals surface area contributed by atoms with Gasteiger partial charge in [0.25, 0.3) is 0 Å². The SMILES string of the molecule is CN(C)c1ccnc(N(C)CCC2CC2)n1. The molecule has 16 heavy (non-hydrogen) atoms. The van der Waals surface area contributed by atoms with Crippen LogP contribution >= 0.6 is 0 Å². The number of aromatic nitrogens is 2. The third kappa shape index (κ3) is 2.84. The third-order valence-corrected chi connectivity index (χ3v) is 3.00. The van der Waals surface area contributed by atoms with E-state index in [-0.39, 0.29) is 0 Å². The summed E-state index contributed by atoms with van der Waals surface area (Å²) in [7, 11) is 6.06. The zero-order chi connectivity index (χ0) is 11.5. The Morgan fingerprint density at radius 1 is 1.31 bits per heavy atom. The van der Waals surface area contributed by atoms with Crippen LogP contribution in [0.5, 0.6) is 0 Å². The van der Waals surface area contributed by atoms with Gasteiger partial charge in [-0.3, -0.25) is 0 Å². The Bertz CT molecular complexity index is 347. The molecule has 0 N–H and O–H groups in total. The van der Waals surface area contributed by atoms with Gasteiger partial charge in [-0.25, -0.2) is 4.98 Å². The van der Waals surface area contributed by atoms with Crippen molar-refractivity contribution in [3.63, 3.8) is 0 Å². The molecule has 1 aromatic heterocycles. The quantitative estimate of drug-likeness (QED) is 0.757. The smallest absolute Gasteiger partial charge is 0.226 e. The summed E-state index contributed by atoms with van der Waals surface area (Å²) in [4.78, 5) is 13.0. The monoisotopic (exact) mass is 220 g/mol. The van der Waals surface area contributed by atoms with Crippen LogP contribution in [-0.4, -0.2) is 37.7 Å². The van der Waals surface area contributed by atoms with Gasteiger partial charge in [0.2, 0.25) is 5.95 Å². The van der Waals surface area contributed by atoms with Gasteiger partial charge in [0.15, 0.2) is 0 Å². The molecule has 1 fully saturated rings. The van der Waals surface area contributed by atoms with Crippen molar-refractivity contribution in [1.29, 1.82) is 0 Å². The van der Waals surface area contributed by atoms with Crippen LogP contribution in [0.4, 0.5) is 11.8 Å². The first-order valence-corrected chi connectivity index (χ1v) is 5.88. The summed E-state index contributed by atoms with van der Waals surface area (Å²) in [6, 6.07) is 1.93. The molecule has 1 aliphatic rings. The Kier molecular flexibility index (Phi) is 3.27. The second-order valence-corrected chi connectivity index (χ2v) is 4.76. The number of hydrogen-bond donors (Lipinski definition) is 0. The number of nitrogens with zero attached hydrogens (tertiary/aromatic N) is 4. The van der Waals surface area contributed by atoms with Crippen molar-refractivity contribution in [2.24, 2.45) is 5.92 Å². The third-order valence-electron chi connectivity index (χ3n) is 3.00. The summed E-state index contributed by atoms with van der Waals surface area (Å²) in [6.07, 6.45) is 5.91. The summed E-state index contributed by atoms with van der Waals surface area (Å²) in [5, 5.41) is 0. The molecule has 2 rings (SSSR count). The minimum Gasteiger partial charge on any atom is -0.363 e. The van der Waals surface area contributed by atoms with E-state index in [1.54, 1.807) is 0 Å². The molecular weight excluding hydrogens is 200 g/mol. The van der Waals surface area contributed by atoms with Gasteiger partial charge in [0.05, 0.1) is 0 Å². The molecular formula is C12H20N4. The zero-order valence-corrected chi connectivity index (χ0v) is 10.3. The van der Waals surface area contributed by atoms with Crippen molar-refractivity contribution in [1.82, 2.24) is 9.97 Å². The molecule has 0 bridgehead atoms. The van der Waals surface area contributed by atoms with Gasteiger partial charge < -0.3 is 9.80 Å². The molecule has 0 spiro atoms. The molecule has 0 saturated heterocycles. The fourth-order valence-electron chi connectivity index (χ4n) is 1.65. The first-order valence-electron chi connectivity index (χ1n) is 5.88. The van der Waals surface area contributed by atoms with E-state index in [9.17, 15) is 0 Å². The van der Waals surface area contributed by atoms with Crippen LogP contribution in [-0.2, 0) is 0 Å². The van der Waals surface area contributed by atoms with Crippen LogP contribution < -0.4 is 9.80 Å². The fourth-order valence-corrected chi connectivity index (χ4v) is 1.65. The van der Waals surface area contributed by atoms with E-state index in [1.165, 1.54) is 19.3 Å². The van der Waals surface area contributed by atoms with E-state index in [1.807, 2.05) is 31.3 Å². The molecule has 1 aromatic rings. The molecule has 1 aliphatic carbocycles. The van der Waals surface area contributed by atoms with Gasteiger partial charge in [-0.1, -0.05) is 12.8 Å². The van der Waals surface area contributed by atoms with Crippen LogP contribution in [0.2, 0.25) is 0 Å². The number of anilines is 2. The van der Waals surface area contributed by atoms with Gasteiger partial charge in [0.1, 0.15) is 5.82 Å². The Morgan fingerprint density at radius 2 is 2.06 bits per heavy atom. The predicted molar refractivity (Wildman–Crippen MR) is 67.0 cm³/mol. The Balaban J connectivity index is 1.97. The lowest BCUT2D eigenvalue weighted by atomic mass is 10.3. The summed E-state index contributed by atoms with van der Waals surface area (Å²) in [6.45, 7) is 1.06. The average molecular weight is 220 g/mol. The predicted octanol–water partition coefficient (Wildman–Crippen LogP) is 1.78. The highest BCUT2D eigenvalue weighted by Gasteiger charge is 2.21. The van der Waals surface area contributed by atoms with Crippen LogP contribution in [0.25, 0.3) is 0 Å². The number of rotatable bonds is 5. The highest BCUT2D eigenvalue weighted by Crippen LogP contribution is 2.32. The van der Waals surface area contributed by atoms with E-state index in [4.69, 9.17) is 0 Å². The molecule has 0 unspecified atom stereocenters. The van der Waals surface area contributed by atoms with Crippen molar-refractivity contribution in [2.75, 3.05) is 37.5 Å². The summed E-state index contributed by atoms with van der Waals surface area (Å²) < 4.78 is 0. The van der Waals surface area contributed by atoms with Crippen LogP contribution in [0.1, 0.15) is 19.3 Å². The largest absolute Gasteiger partial charge is 0.363 e. The molecule has 1 saturated carbocycles. The second-order valence-electron chi connectivity index (χ2n) is 4.76. The van der Waals surface area contributed by atoms with Gasteiger partial charge >= 0.3 is 0 Å². The van der Waals surface area contributed by atoms with Crippen molar-refractivity contribution >= 4 is 11.8 Å². The maximum Gasteiger partial charge on any atom is 0.226 e. The molecule has 0 radical (unpaired) electrons. The molecule has 4 nitrogen and oxygen atoms in total. The zero-order valence-electron chi connectivity index (χ0n) is 10.3. The number of hydrogen-bond acceptors (Lipinski definition) is 4. The van der Waals surface area contributed by atoms with Crippen molar-refractivity contribution in [3.8, 4) is 0 Å². The normalized spacial score (nSPS) is 14.9. The Morgan fingerprint density at radius 3 is 2.69 bits per heavy atom. The van der Waals surface area contributed by atoms with Crippen LogP contribution in [0.3, 0.4) is 0 Å². The van der Waals surface area contributed by atoms with Crippen molar-refractivity contribution in [3.05, 3.63) is 12.3 Å². The topological polar surface area (TPSA) is 32.3 Å². The summed E-state index contributed by atoms with van der Waals surface area (Å²) in [5.41, 5.74) is 0. The van der Waals surface area contributed by atoms with E-state index in [0.717, 1.165) is 24.2 Å². The first kappa shape index (κ1) is 11.2. The molecule has 4 heteroatoms. The van der Waals surface area contributed by atoms with E-state index < -0.39 is 0 Å². The second kappa shape index (κ2) is 4.68. The first-order chi connectivity index (χ1) is 7.66. The maximum absolute atomic E-state index is 4.51. The molecule has 0 amide bonds. The van der Waals surface area contributed by atoms with Crippen LogP contribution in [0.15, 0.2) is 12.3 Å². The summed E-state index contributed by atoms with van der Waals surface area (Å²) >= 11 is 0. The minimum atomic E-state index is 0.826. The Hall–Kier alpha value is -1.32.